The summed E-state index contributed by atoms with van der Waals surface area (Å²) in [4.78, 5) is 13.1. The van der Waals surface area contributed by atoms with Gasteiger partial charge in [0, 0.05) is 13.1 Å². The molecule has 2 aliphatic rings. The molecule has 4 nitrogen and oxygen atoms in total. The molecule has 0 atom stereocenters. The summed E-state index contributed by atoms with van der Waals surface area (Å²) in [6.07, 6.45) is -9.52. The Morgan fingerprint density at radius 3 is 2.03 bits per heavy atom. The average molecular weight is 471 g/mol. The van der Waals surface area contributed by atoms with Crippen LogP contribution in [0.5, 0.6) is 0 Å². The third kappa shape index (κ3) is 4.05. The second kappa shape index (κ2) is 7.38. The molecule has 174 valence electrons. The van der Waals surface area contributed by atoms with Crippen LogP contribution in [0.3, 0.4) is 0 Å². The molecule has 1 aromatic rings. The van der Waals surface area contributed by atoms with Crippen LogP contribution in [-0.2, 0) is 20.8 Å². The maximum Gasteiger partial charge on any atom is 0.416 e. The number of halogens is 6. The molecule has 1 aromatic carbocycles. The van der Waals surface area contributed by atoms with Crippen LogP contribution in [0.2, 0.25) is 0 Å². The Hall–Kier alpha value is -1.78. The minimum atomic E-state index is -4.70. The van der Waals surface area contributed by atoms with Gasteiger partial charge in [0.1, 0.15) is 5.41 Å². The summed E-state index contributed by atoms with van der Waals surface area (Å²) >= 11 is 0. The van der Waals surface area contributed by atoms with E-state index < -0.39 is 54.6 Å². The Kier molecular flexibility index (Phi) is 5.69. The van der Waals surface area contributed by atoms with Crippen molar-refractivity contribution in [1.82, 2.24) is 4.90 Å². The Balaban J connectivity index is 1.76. The van der Waals surface area contributed by atoms with E-state index in [2.05, 4.69) is 0 Å². The standard InChI is InChI=1S/C20H23F6NO3S/c1-17(2,31(29,30)15-5-3-4-14(12-15)19(21,22)23)13-6-10-27(11-7-13)16(28)18(8-9-18)20(24,25)26/h3-5,12-13H,6-11H2,1-2H3. The number of piperidine rings is 1. The zero-order valence-corrected chi connectivity index (χ0v) is 17.8. The second-order valence-corrected chi connectivity index (χ2v) is 11.3. The van der Waals surface area contributed by atoms with Gasteiger partial charge in [-0.1, -0.05) is 6.07 Å². The fourth-order valence-electron chi connectivity index (χ4n) is 4.19. The molecule has 1 heterocycles. The summed E-state index contributed by atoms with van der Waals surface area (Å²) in [6.45, 7) is 2.76. The molecule has 11 heteroatoms. The first kappa shape index (κ1) is 23.9. The van der Waals surface area contributed by atoms with Crippen LogP contribution in [-0.4, -0.2) is 43.2 Å². The molecule has 1 saturated heterocycles. The van der Waals surface area contributed by atoms with Crippen LogP contribution in [0.15, 0.2) is 29.2 Å². The van der Waals surface area contributed by atoms with E-state index in [1.165, 1.54) is 13.8 Å². The summed E-state index contributed by atoms with van der Waals surface area (Å²) in [5.41, 5.74) is -3.40. The minimum absolute atomic E-state index is 0.0249. The van der Waals surface area contributed by atoms with Gasteiger partial charge in [0.15, 0.2) is 9.84 Å². The molecule has 1 aliphatic heterocycles. The van der Waals surface area contributed by atoms with Crippen molar-refractivity contribution in [3.8, 4) is 0 Å². The van der Waals surface area contributed by atoms with Crippen molar-refractivity contribution in [3.05, 3.63) is 29.8 Å². The number of rotatable bonds is 4. The molecule has 0 N–H and O–H groups in total. The van der Waals surface area contributed by atoms with Gasteiger partial charge >= 0.3 is 12.4 Å². The van der Waals surface area contributed by atoms with Gasteiger partial charge in [0.2, 0.25) is 5.91 Å². The predicted molar refractivity (Wildman–Crippen MR) is 99.7 cm³/mol. The van der Waals surface area contributed by atoms with Crippen LogP contribution in [0.25, 0.3) is 0 Å². The lowest BCUT2D eigenvalue weighted by Gasteiger charge is -2.41. The van der Waals surface area contributed by atoms with E-state index in [1.54, 1.807) is 0 Å². The molecule has 2 fully saturated rings. The normalized spacial score (nSPS) is 20.6. The molecule has 1 amide bonds. The van der Waals surface area contributed by atoms with E-state index in [0.29, 0.717) is 6.07 Å². The number of likely N-dealkylation sites (tertiary alicyclic amines) is 1. The number of sulfone groups is 1. The highest BCUT2D eigenvalue weighted by atomic mass is 32.2. The number of hydrogen-bond acceptors (Lipinski definition) is 3. The molecule has 0 spiro atoms. The smallest absolute Gasteiger partial charge is 0.342 e. The maximum absolute atomic E-state index is 13.2. The van der Waals surface area contributed by atoms with Gasteiger partial charge in [0.05, 0.1) is 15.2 Å². The van der Waals surface area contributed by atoms with E-state index in [-0.39, 0.29) is 38.8 Å². The summed E-state index contributed by atoms with van der Waals surface area (Å²) in [5.74, 6) is -1.51. The van der Waals surface area contributed by atoms with E-state index >= 15 is 0 Å². The molecule has 0 bridgehead atoms. The van der Waals surface area contributed by atoms with E-state index in [1.807, 2.05) is 0 Å². The van der Waals surface area contributed by atoms with Crippen molar-refractivity contribution in [2.45, 2.75) is 61.5 Å². The quantitative estimate of drug-likeness (QED) is 0.591. The Morgan fingerprint density at radius 1 is 1.03 bits per heavy atom. The van der Waals surface area contributed by atoms with Crippen LogP contribution < -0.4 is 0 Å². The third-order valence-electron chi connectivity index (χ3n) is 6.63. The summed E-state index contributed by atoms with van der Waals surface area (Å²) in [5, 5.41) is 0. The van der Waals surface area contributed by atoms with Crippen molar-refractivity contribution < 1.29 is 39.6 Å². The second-order valence-electron chi connectivity index (χ2n) is 8.78. The summed E-state index contributed by atoms with van der Waals surface area (Å²) in [7, 11) is -4.18. The highest BCUT2D eigenvalue weighted by Crippen LogP contribution is 2.59. The third-order valence-corrected chi connectivity index (χ3v) is 9.22. The van der Waals surface area contributed by atoms with Gasteiger partial charge in [0.25, 0.3) is 0 Å². The number of hydrogen-bond donors (Lipinski definition) is 0. The van der Waals surface area contributed by atoms with Gasteiger partial charge in [-0.25, -0.2) is 8.42 Å². The molecule has 31 heavy (non-hydrogen) atoms. The van der Waals surface area contributed by atoms with Gasteiger partial charge in [-0.2, -0.15) is 26.3 Å². The van der Waals surface area contributed by atoms with Crippen LogP contribution in [0.4, 0.5) is 26.3 Å². The van der Waals surface area contributed by atoms with Gasteiger partial charge in [-0.3, -0.25) is 4.79 Å². The predicted octanol–water partition coefficient (Wildman–Crippen LogP) is 4.84. The van der Waals surface area contributed by atoms with Crippen LogP contribution >= 0.6 is 0 Å². The molecule has 1 saturated carbocycles. The van der Waals surface area contributed by atoms with Crippen molar-refractivity contribution >= 4 is 15.7 Å². The van der Waals surface area contributed by atoms with E-state index in [9.17, 15) is 39.6 Å². The lowest BCUT2D eigenvalue weighted by atomic mass is 9.85. The highest BCUT2D eigenvalue weighted by molar-refractivity contribution is 7.92. The van der Waals surface area contributed by atoms with Gasteiger partial charge < -0.3 is 4.90 Å². The fourth-order valence-corrected chi connectivity index (χ4v) is 6.01. The number of benzene rings is 1. The topological polar surface area (TPSA) is 54.5 Å². The van der Waals surface area contributed by atoms with E-state index in [4.69, 9.17) is 0 Å². The number of nitrogens with zero attached hydrogens (tertiary/aromatic N) is 1. The lowest BCUT2D eigenvalue weighted by molar-refractivity contribution is -0.199. The van der Waals surface area contributed by atoms with Crippen LogP contribution in [0, 0.1) is 11.3 Å². The van der Waals surface area contributed by atoms with Crippen molar-refractivity contribution in [1.29, 1.82) is 0 Å². The number of alkyl halides is 6. The maximum atomic E-state index is 13.2. The molecule has 1 aliphatic carbocycles. The Labute approximate surface area is 176 Å². The molecular formula is C20H23F6NO3S. The Bertz CT molecular complexity index is 956. The van der Waals surface area contributed by atoms with Crippen molar-refractivity contribution in [2.75, 3.05) is 13.1 Å². The zero-order chi connectivity index (χ0) is 23.5. The molecule has 0 unspecified atom stereocenters. The van der Waals surface area contributed by atoms with Crippen molar-refractivity contribution in [3.63, 3.8) is 0 Å². The number of carbonyl (C=O) groups excluding carboxylic acids is 1. The number of amides is 1. The van der Waals surface area contributed by atoms with E-state index in [0.717, 1.165) is 23.1 Å². The first-order chi connectivity index (χ1) is 14.0. The fraction of sp³-hybridized carbons (Fsp3) is 0.650. The van der Waals surface area contributed by atoms with Crippen molar-refractivity contribution in [2.24, 2.45) is 11.3 Å². The zero-order valence-electron chi connectivity index (χ0n) is 17.0. The largest absolute Gasteiger partial charge is 0.416 e. The highest BCUT2D eigenvalue weighted by Gasteiger charge is 2.69. The summed E-state index contributed by atoms with van der Waals surface area (Å²) in [6, 6.07) is 3.50. The molecular weight excluding hydrogens is 448 g/mol. The molecule has 3 rings (SSSR count). The minimum Gasteiger partial charge on any atom is -0.342 e. The number of carbonyl (C=O) groups is 1. The van der Waals surface area contributed by atoms with Crippen LogP contribution in [0.1, 0.15) is 45.1 Å². The lowest BCUT2D eigenvalue weighted by Crippen LogP contribution is -2.51. The molecule has 0 aromatic heterocycles. The first-order valence-corrected chi connectivity index (χ1v) is 11.3. The first-order valence-electron chi connectivity index (χ1n) is 9.82. The Morgan fingerprint density at radius 2 is 1.58 bits per heavy atom. The average Bonchev–Trinajstić information content (AvgIpc) is 3.49. The summed E-state index contributed by atoms with van der Waals surface area (Å²) < 4.78 is 103. The van der Waals surface area contributed by atoms with Gasteiger partial charge in [-0.05, 0) is 63.6 Å². The monoisotopic (exact) mass is 471 g/mol. The van der Waals surface area contributed by atoms with Gasteiger partial charge in [-0.15, -0.1) is 0 Å². The SMILES string of the molecule is CC(C)(C1CCN(C(=O)C2(C(F)(F)F)CC2)CC1)S(=O)(=O)c1cccc(C(F)(F)F)c1. The molecule has 0 radical (unpaired) electrons.